The number of aromatic nitrogens is 2. The largest absolute Gasteiger partial charge is 0.326 e. The second kappa shape index (κ2) is 6.22. The van der Waals surface area contributed by atoms with E-state index >= 15 is 0 Å². The number of rotatable bonds is 4. The molecule has 0 aliphatic rings. The Labute approximate surface area is 127 Å². The highest BCUT2D eigenvalue weighted by Crippen LogP contribution is 2.24. The van der Waals surface area contributed by atoms with Crippen molar-refractivity contribution in [2.75, 3.05) is 5.32 Å². The van der Waals surface area contributed by atoms with Crippen LogP contribution < -0.4 is 5.32 Å². The van der Waals surface area contributed by atoms with Gasteiger partial charge in [-0.05, 0) is 48.8 Å². The van der Waals surface area contributed by atoms with Crippen LogP contribution in [-0.2, 0) is 4.79 Å². The molecule has 0 radical (unpaired) electrons. The molecule has 1 unspecified atom stereocenters. The van der Waals surface area contributed by atoms with Gasteiger partial charge >= 0.3 is 0 Å². The monoisotopic (exact) mass is 335 g/mol. The molecule has 1 heterocycles. The smallest absolute Gasteiger partial charge is 0.226 e. The number of hydrogen-bond donors (Lipinski definition) is 1. The zero-order chi connectivity index (χ0) is 14.7. The summed E-state index contributed by atoms with van der Waals surface area (Å²) in [7, 11) is 0. The zero-order valence-electron chi connectivity index (χ0n) is 11.9. The predicted octanol–water partition coefficient (Wildman–Crippen LogP) is 3.85. The van der Waals surface area contributed by atoms with E-state index in [2.05, 4.69) is 26.3 Å². The first-order valence-corrected chi connectivity index (χ1v) is 7.34. The highest BCUT2D eigenvalue weighted by Gasteiger charge is 2.16. The van der Waals surface area contributed by atoms with Crippen LogP contribution in [-0.4, -0.2) is 15.7 Å². The second-order valence-corrected chi connectivity index (χ2v) is 5.69. The normalized spacial score (nSPS) is 12.2. The van der Waals surface area contributed by atoms with Gasteiger partial charge in [-0.25, -0.2) is 0 Å². The van der Waals surface area contributed by atoms with Crippen molar-refractivity contribution in [1.29, 1.82) is 0 Å². The molecule has 1 N–H and O–H groups in total. The number of para-hydroxylation sites is 1. The van der Waals surface area contributed by atoms with Crippen LogP contribution in [0.25, 0.3) is 0 Å². The Balaban J connectivity index is 2.02. The van der Waals surface area contributed by atoms with Crippen LogP contribution in [0, 0.1) is 13.8 Å². The number of amides is 1. The van der Waals surface area contributed by atoms with Gasteiger partial charge in [0.1, 0.15) is 0 Å². The number of nitrogens with zero attached hydrogens (tertiary/aromatic N) is 2. The third kappa shape index (κ3) is 3.28. The van der Waals surface area contributed by atoms with E-state index in [0.29, 0.717) is 6.42 Å². The number of nitrogens with one attached hydrogen (secondary N) is 1. The first-order chi connectivity index (χ1) is 9.49. The van der Waals surface area contributed by atoms with Gasteiger partial charge in [-0.3, -0.25) is 9.48 Å². The Bertz CT molecular complexity index is 607. The van der Waals surface area contributed by atoms with E-state index < -0.39 is 0 Å². The molecule has 106 valence electrons. The molecule has 1 amide bonds. The van der Waals surface area contributed by atoms with Crippen LogP contribution in [0.4, 0.5) is 5.69 Å². The molecule has 2 rings (SSSR count). The number of anilines is 1. The summed E-state index contributed by atoms with van der Waals surface area (Å²) in [5, 5.41) is 7.35. The molecule has 0 aliphatic heterocycles. The maximum absolute atomic E-state index is 12.0. The summed E-state index contributed by atoms with van der Waals surface area (Å²) in [6, 6.07) is 9.49. The number of carbonyl (C=O) groups excluding carboxylic acids is 1. The van der Waals surface area contributed by atoms with E-state index in [1.807, 2.05) is 55.8 Å². The number of benzene rings is 1. The molecule has 1 atom stereocenters. The molecule has 0 saturated heterocycles. The Morgan fingerprint density at radius 1 is 1.35 bits per heavy atom. The number of carbonyl (C=O) groups is 1. The van der Waals surface area contributed by atoms with Crippen molar-refractivity contribution in [3.05, 3.63) is 46.2 Å². The number of hydrogen-bond acceptors (Lipinski definition) is 2. The Kier molecular flexibility index (Phi) is 4.60. The highest BCUT2D eigenvalue weighted by molar-refractivity contribution is 9.10. The maximum atomic E-state index is 12.0. The highest BCUT2D eigenvalue weighted by atomic mass is 79.9. The lowest BCUT2D eigenvalue weighted by molar-refractivity contribution is -0.116. The standard InChI is InChI=1S/C15H18BrN3O/c1-10(19-12(3)15(16)11(2)18-19)9-14(20)17-13-7-5-4-6-8-13/h4-8,10H,9H2,1-3H3,(H,17,20). The van der Waals surface area contributed by atoms with Gasteiger partial charge in [0.15, 0.2) is 0 Å². The molecule has 20 heavy (non-hydrogen) atoms. The van der Waals surface area contributed by atoms with Crippen LogP contribution in [0.1, 0.15) is 30.8 Å². The van der Waals surface area contributed by atoms with Crippen LogP contribution in [0.2, 0.25) is 0 Å². The quantitative estimate of drug-likeness (QED) is 0.922. The SMILES string of the molecule is Cc1nn(C(C)CC(=O)Nc2ccccc2)c(C)c1Br. The van der Waals surface area contributed by atoms with Gasteiger partial charge in [0.2, 0.25) is 5.91 Å². The molecule has 0 spiro atoms. The van der Waals surface area contributed by atoms with Gasteiger partial charge < -0.3 is 5.32 Å². The molecule has 2 aromatic rings. The minimum atomic E-state index is -0.00706. The molecular weight excluding hydrogens is 318 g/mol. The fourth-order valence-electron chi connectivity index (χ4n) is 2.16. The topological polar surface area (TPSA) is 46.9 Å². The third-order valence-corrected chi connectivity index (χ3v) is 4.34. The summed E-state index contributed by atoms with van der Waals surface area (Å²) in [4.78, 5) is 12.0. The second-order valence-electron chi connectivity index (χ2n) is 4.90. The Morgan fingerprint density at radius 2 is 2.00 bits per heavy atom. The van der Waals surface area contributed by atoms with E-state index in [1.165, 1.54) is 0 Å². The van der Waals surface area contributed by atoms with Crippen molar-refractivity contribution >= 4 is 27.5 Å². The lowest BCUT2D eigenvalue weighted by Gasteiger charge is -2.14. The molecule has 4 nitrogen and oxygen atoms in total. The summed E-state index contributed by atoms with van der Waals surface area (Å²) >= 11 is 3.50. The summed E-state index contributed by atoms with van der Waals surface area (Å²) in [5.74, 6) is -0.00706. The van der Waals surface area contributed by atoms with Crippen LogP contribution in [0.5, 0.6) is 0 Å². The van der Waals surface area contributed by atoms with Crippen molar-refractivity contribution in [1.82, 2.24) is 9.78 Å². The first-order valence-electron chi connectivity index (χ1n) is 6.55. The van der Waals surface area contributed by atoms with Crippen molar-refractivity contribution in [3.63, 3.8) is 0 Å². The molecule has 1 aromatic heterocycles. The van der Waals surface area contributed by atoms with Crippen molar-refractivity contribution < 1.29 is 4.79 Å². The van der Waals surface area contributed by atoms with E-state index in [4.69, 9.17) is 0 Å². The van der Waals surface area contributed by atoms with Gasteiger partial charge in [-0.15, -0.1) is 0 Å². The lowest BCUT2D eigenvalue weighted by atomic mass is 10.2. The van der Waals surface area contributed by atoms with Crippen LogP contribution in [0.3, 0.4) is 0 Å². The van der Waals surface area contributed by atoms with E-state index in [0.717, 1.165) is 21.5 Å². The van der Waals surface area contributed by atoms with E-state index in [9.17, 15) is 4.79 Å². The first kappa shape index (κ1) is 14.8. The Morgan fingerprint density at radius 3 is 2.55 bits per heavy atom. The average Bonchev–Trinajstić information content (AvgIpc) is 2.67. The minimum absolute atomic E-state index is 0.00706. The van der Waals surface area contributed by atoms with Crippen LogP contribution in [0.15, 0.2) is 34.8 Å². The molecular formula is C15H18BrN3O. The predicted molar refractivity (Wildman–Crippen MR) is 83.8 cm³/mol. The molecule has 0 aliphatic carbocycles. The fraction of sp³-hybridized carbons (Fsp3) is 0.333. The summed E-state index contributed by atoms with van der Waals surface area (Å²) in [6.07, 6.45) is 0.392. The molecule has 5 heteroatoms. The molecule has 0 bridgehead atoms. The number of halogens is 1. The summed E-state index contributed by atoms with van der Waals surface area (Å²) in [6.45, 7) is 5.94. The van der Waals surface area contributed by atoms with Gasteiger partial charge in [-0.1, -0.05) is 18.2 Å². The van der Waals surface area contributed by atoms with E-state index in [-0.39, 0.29) is 11.9 Å². The minimum Gasteiger partial charge on any atom is -0.326 e. The van der Waals surface area contributed by atoms with Gasteiger partial charge in [0.25, 0.3) is 0 Å². The maximum Gasteiger partial charge on any atom is 0.226 e. The van der Waals surface area contributed by atoms with Gasteiger partial charge in [0, 0.05) is 12.1 Å². The zero-order valence-corrected chi connectivity index (χ0v) is 13.4. The molecule has 0 fully saturated rings. The van der Waals surface area contributed by atoms with E-state index in [1.54, 1.807) is 0 Å². The van der Waals surface area contributed by atoms with Crippen molar-refractivity contribution in [2.24, 2.45) is 0 Å². The third-order valence-electron chi connectivity index (χ3n) is 3.19. The summed E-state index contributed by atoms with van der Waals surface area (Å²) < 4.78 is 2.90. The Hall–Kier alpha value is -1.62. The molecule has 1 aromatic carbocycles. The number of aryl methyl sites for hydroxylation is 1. The van der Waals surface area contributed by atoms with Crippen molar-refractivity contribution in [2.45, 2.75) is 33.2 Å². The average molecular weight is 336 g/mol. The molecule has 0 saturated carbocycles. The summed E-state index contributed by atoms with van der Waals surface area (Å²) in [5.41, 5.74) is 2.81. The van der Waals surface area contributed by atoms with Crippen LogP contribution >= 0.6 is 15.9 Å². The van der Waals surface area contributed by atoms with Gasteiger partial charge in [-0.2, -0.15) is 5.10 Å². The van der Waals surface area contributed by atoms with Crippen molar-refractivity contribution in [3.8, 4) is 0 Å². The van der Waals surface area contributed by atoms with Gasteiger partial charge in [0.05, 0.1) is 21.9 Å². The fourth-order valence-corrected chi connectivity index (χ4v) is 2.42. The lowest BCUT2D eigenvalue weighted by Crippen LogP contribution is -2.19.